The molecular weight excluding hydrogens is 286 g/mol. The molecule has 0 aliphatic heterocycles. The first-order chi connectivity index (χ1) is 11.1. The van der Waals surface area contributed by atoms with Crippen LogP contribution in [0.15, 0.2) is 54.6 Å². The second kappa shape index (κ2) is 6.65. The van der Waals surface area contributed by atoms with Crippen molar-refractivity contribution < 1.29 is 4.79 Å². The van der Waals surface area contributed by atoms with Gasteiger partial charge in [-0.25, -0.2) is 0 Å². The van der Waals surface area contributed by atoms with Gasteiger partial charge in [-0.15, -0.1) is 0 Å². The van der Waals surface area contributed by atoms with Crippen LogP contribution in [-0.2, 0) is 0 Å². The fourth-order valence-electron chi connectivity index (χ4n) is 2.80. The Kier molecular flexibility index (Phi) is 4.42. The number of nitrogens with zero attached hydrogens (tertiary/aromatic N) is 1. The molecule has 0 aliphatic carbocycles. The van der Waals surface area contributed by atoms with E-state index in [0.29, 0.717) is 11.6 Å². The lowest BCUT2D eigenvalue weighted by molar-refractivity contribution is 0.0928. The number of rotatable bonds is 5. The molecule has 0 spiro atoms. The van der Waals surface area contributed by atoms with E-state index in [1.165, 1.54) is 0 Å². The van der Waals surface area contributed by atoms with Gasteiger partial charge in [0.25, 0.3) is 5.91 Å². The molecule has 23 heavy (non-hydrogen) atoms. The highest BCUT2D eigenvalue weighted by Gasteiger charge is 2.20. The summed E-state index contributed by atoms with van der Waals surface area (Å²) in [5.41, 5.74) is 2.44. The maximum Gasteiger partial charge on any atom is 0.272 e. The summed E-state index contributed by atoms with van der Waals surface area (Å²) in [5, 5.41) is 11.1. The minimum atomic E-state index is -0.142. The highest BCUT2D eigenvalue weighted by Crippen LogP contribution is 2.22. The summed E-state index contributed by atoms with van der Waals surface area (Å²) in [7, 11) is 0. The Hall–Kier alpha value is -2.62. The summed E-state index contributed by atoms with van der Waals surface area (Å²) in [6.45, 7) is 4.32. The summed E-state index contributed by atoms with van der Waals surface area (Å²) >= 11 is 0. The first-order valence-electron chi connectivity index (χ1n) is 7.94. The van der Waals surface area contributed by atoms with Crippen LogP contribution in [0.25, 0.3) is 10.9 Å². The molecule has 0 radical (unpaired) electrons. The number of para-hydroxylation sites is 1. The molecule has 0 unspecified atom stereocenters. The fraction of sp³-hybridized carbons (Fsp3) is 0.263. The van der Waals surface area contributed by atoms with Gasteiger partial charge in [0.15, 0.2) is 5.69 Å². The van der Waals surface area contributed by atoms with Crippen LogP contribution < -0.4 is 5.32 Å². The number of H-pyrrole nitrogens is 1. The average molecular weight is 307 g/mol. The van der Waals surface area contributed by atoms with Gasteiger partial charge in [0.2, 0.25) is 0 Å². The molecule has 1 amide bonds. The van der Waals surface area contributed by atoms with E-state index in [1.54, 1.807) is 0 Å². The van der Waals surface area contributed by atoms with Crippen LogP contribution in [0.4, 0.5) is 0 Å². The average Bonchev–Trinajstić information content (AvgIpc) is 2.99. The molecule has 0 saturated heterocycles. The van der Waals surface area contributed by atoms with Crippen LogP contribution >= 0.6 is 0 Å². The van der Waals surface area contributed by atoms with E-state index in [9.17, 15) is 4.79 Å². The van der Waals surface area contributed by atoms with Gasteiger partial charge in [-0.3, -0.25) is 9.89 Å². The molecule has 1 aromatic heterocycles. The minimum absolute atomic E-state index is 0.0147. The summed E-state index contributed by atoms with van der Waals surface area (Å²) in [6, 6.07) is 17.7. The predicted molar refractivity (Wildman–Crippen MR) is 92.2 cm³/mol. The standard InChI is InChI=1S/C19H21N3O/c1-13(2)12-17(14-8-4-3-5-9-14)20-19(23)18-15-10-6-7-11-16(15)21-22-18/h3-11,13,17H,12H2,1-2H3,(H,20,23)(H,21,22)/t17-/m1/s1. The number of hydrogen-bond acceptors (Lipinski definition) is 2. The van der Waals surface area contributed by atoms with E-state index in [2.05, 4.69) is 41.5 Å². The number of benzene rings is 2. The SMILES string of the molecule is CC(C)C[C@@H](NC(=O)c1n[nH]c2ccccc12)c1ccccc1. The molecule has 0 aliphatic rings. The topological polar surface area (TPSA) is 57.8 Å². The van der Waals surface area contributed by atoms with Gasteiger partial charge in [-0.1, -0.05) is 62.4 Å². The van der Waals surface area contributed by atoms with Gasteiger partial charge in [0.05, 0.1) is 11.6 Å². The summed E-state index contributed by atoms with van der Waals surface area (Å²) in [6.07, 6.45) is 0.887. The zero-order chi connectivity index (χ0) is 16.2. The van der Waals surface area contributed by atoms with Gasteiger partial charge in [-0.2, -0.15) is 5.10 Å². The highest BCUT2D eigenvalue weighted by atomic mass is 16.2. The van der Waals surface area contributed by atoms with Gasteiger partial charge in [0, 0.05) is 5.39 Å². The second-order valence-corrected chi connectivity index (χ2v) is 6.18. The zero-order valence-electron chi connectivity index (χ0n) is 13.4. The summed E-state index contributed by atoms with van der Waals surface area (Å²) in [5.74, 6) is 0.341. The van der Waals surface area contributed by atoms with Crippen molar-refractivity contribution in [2.45, 2.75) is 26.3 Å². The van der Waals surface area contributed by atoms with Crippen LogP contribution in [0, 0.1) is 5.92 Å². The van der Waals surface area contributed by atoms with E-state index in [4.69, 9.17) is 0 Å². The number of carbonyl (C=O) groups excluding carboxylic acids is 1. The maximum atomic E-state index is 12.7. The normalized spacial score (nSPS) is 12.5. The molecule has 1 heterocycles. The minimum Gasteiger partial charge on any atom is -0.344 e. The quantitative estimate of drug-likeness (QED) is 0.746. The molecular formula is C19H21N3O. The Balaban J connectivity index is 1.86. The van der Waals surface area contributed by atoms with Crippen LogP contribution in [-0.4, -0.2) is 16.1 Å². The van der Waals surface area contributed by atoms with Crippen molar-refractivity contribution in [2.24, 2.45) is 5.92 Å². The molecule has 1 atom stereocenters. The first-order valence-corrected chi connectivity index (χ1v) is 7.94. The number of aromatic nitrogens is 2. The van der Waals surface area contributed by atoms with E-state index in [-0.39, 0.29) is 11.9 Å². The predicted octanol–water partition coefficient (Wildman–Crippen LogP) is 4.08. The molecule has 3 aromatic rings. The third-order valence-electron chi connectivity index (χ3n) is 3.90. The van der Waals surface area contributed by atoms with Crippen LogP contribution in [0.3, 0.4) is 0 Å². The Morgan fingerprint density at radius 2 is 1.78 bits per heavy atom. The number of nitrogens with one attached hydrogen (secondary N) is 2. The number of carbonyl (C=O) groups is 1. The van der Waals surface area contributed by atoms with Crippen molar-refractivity contribution >= 4 is 16.8 Å². The van der Waals surface area contributed by atoms with Crippen molar-refractivity contribution in [3.05, 3.63) is 65.9 Å². The molecule has 118 valence electrons. The highest BCUT2D eigenvalue weighted by molar-refractivity contribution is 6.04. The third-order valence-corrected chi connectivity index (χ3v) is 3.90. The molecule has 0 bridgehead atoms. The Morgan fingerprint density at radius 1 is 1.09 bits per heavy atom. The van der Waals surface area contributed by atoms with Crippen molar-refractivity contribution in [1.29, 1.82) is 0 Å². The third kappa shape index (κ3) is 3.42. The smallest absolute Gasteiger partial charge is 0.272 e. The first kappa shape index (κ1) is 15.3. The van der Waals surface area contributed by atoms with Crippen molar-refractivity contribution in [2.75, 3.05) is 0 Å². The number of aromatic amines is 1. The fourth-order valence-corrected chi connectivity index (χ4v) is 2.80. The molecule has 4 heteroatoms. The lowest BCUT2D eigenvalue weighted by Gasteiger charge is -2.20. The van der Waals surface area contributed by atoms with Crippen molar-refractivity contribution in [1.82, 2.24) is 15.5 Å². The van der Waals surface area contributed by atoms with Crippen LogP contribution in [0.2, 0.25) is 0 Å². The summed E-state index contributed by atoms with van der Waals surface area (Å²) < 4.78 is 0. The monoisotopic (exact) mass is 307 g/mol. The molecule has 0 fully saturated rings. The molecule has 4 nitrogen and oxygen atoms in total. The lowest BCUT2D eigenvalue weighted by atomic mass is 9.97. The van der Waals surface area contributed by atoms with Crippen LogP contribution in [0.1, 0.15) is 42.4 Å². The largest absolute Gasteiger partial charge is 0.344 e. The molecule has 2 N–H and O–H groups in total. The van der Waals surface area contributed by atoms with Crippen molar-refractivity contribution in [3.8, 4) is 0 Å². The van der Waals surface area contributed by atoms with Gasteiger partial charge in [0.1, 0.15) is 0 Å². The van der Waals surface area contributed by atoms with E-state index < -0.39 is 0 Å². The summed E-state index contributed by atoms with van der Waals surface area (Å²) in [4.78, 5) is 12.7. The van der Waals surface area contributed by atoms with E-state index in [1.807, 2.05) is 42.5 Å². The van der Waals surface area contributed by atoms with Crippen LogP contribution in [0.5, 0.6) is 0 Å². The Bertz CT molecular complexity index is 792. The lowest BCUT2D eigenvalue weighted by Crippen LogP contribution is -2.30. The number of fused-ring (bicyclic) bond motifs is 1. The molecule has 2 aromatic carbocycles. The molecule has 3 rings (SSSR count). The van der Waals surface area contributed by atoms with E-state index >= 15 is 0 Å². The Morgan fingerprint density at radius 3 is 2.52 bits per heavy atom. The van der Waals surface area contributed by atoms with Gasteiger partial charge in [-0.05, 0) is 24.0 Å². The Labute approximate surface area is 135 Å². The second-order valence-electron chi connectivity index (χ2n) is 6.18. The van der Waals surface area contributed by atoms with Gasteiger partial charge >= 0.3 is 0 Å². The number of amides is 1. The molecule has 0 saturated carbocycles. The zero-order valence-corrected chi connectivity index (χ0v) is 13.4. The number of hydrogen-bond donors (Lipinski definition) is 2. The van der Waals surface area contributed by atoms with E-state index in [0.717, 1.165) is 22.9 Å². The maximum absolute atomic E-state index is 12.7. The van der Waals surface area contributed by atoms with Gasteiger partial charge < -0.3 is 5.32 Å². The van der Waals surface area contributed by atoms with Crippen molar-refractivity contribution in [3.63, 3.8) is 0 Å².